The zero-order valence-electron chi connectivity index (χ0n) is 17.4. The van der Waals surface area contributed by atoms with E-state index in [4.69, 9.17) is 9.97 Å². The van der Waals surface area contributed by atoms with Crippen LogP contribution in [0.3, 0.4) is 0 Å². The second-order valence-corrected chi connectivity index (χ2v) is 7.59. The number of amides is 2. The van der Waals surface area contributed by atoms with Crippen molar-refractivity contribution < 1.29 is 4.79 Å². The van der Waals surface area contributed by atoms with E-state index >= 15 is 0 Å². The lowest BCUT2D eigenvalue weighted by Gasteiger charge is -2.37. The SMILES string of the molecule is CCNC(=O)N1CCc2nc(-c3ccccc3)nc(N3CCN(CC)CC3)c2C1. The standard InChI is InChI=1S/C22H30N6O/c1-3-23-22(29)28-11-10-19-18(16-28)21(27-14-12-26(4-2)13-15-27)25-20(24-19)17-8-6-5-7-9-17/h5-9H,3-4,10-16H2,1-2H3,(H,23,29). The zero-order chi connectivity index (χ0) is 20.2. The summed E-state index contributed by atoms with van der Waals surface area (Å²) in [5.41, 5.74) is 3.22. The van der Waals surface area contributed by atoms with Crippen molar-refractivity contribution in [1.82, 2.24) is 25.1 Å². The Kier molecular flexibility index (Phi) is 5.94. The van der Waals surface area contributed by atoms with Crippen molar-refractivity contribution in [2.45, 2.75) is 26.8 Å². The fourth-order valence-electron chi connectivity index (χ4n) is 4.09. The lowest BCUT2D eigenvalue weighted by Crippen LogP contribution is -2.48. The van der Waals surface area contributed by atoms with Gasteiger partial charge in [-0.05, 0) is 13.5 Å². The summed E-state index contributed by atoms with van der Waals surface area (Å²) < 4.78 is 0. The highest BCUT2D eigenvalue weighted by Gasteiger charge is 2.29. The molecule has 0 saturated carbocycles. The summed E-state index contributed by atoms with van der Waals surface area (Å²) >= 11 is 0. The monoisotopic (exact) mass is 394 g/mol. The maximum Gasteiger partial charge on any atom is 0.317 e. The van der Waals surface area contributed by atoms with E-state index in [0.29, 0.717) is 19.6 Å². The van der Waals surface area contributed by atoms with Gasteiger partial charge in [0.1, 0.15) is 5.82 Å². The number of fused-ring (bicyclic) bond motifs is 1. The van der Waals surface area contributed by atoms with Gasteiger partial charge in [-0.15, -0.1) is 0 Å². The maximum atomic E-state index is 12.4. The highest BCUT2D eigenvalue weighted by Crippen LogP contribution is 2.30. The molecular weight excluding hydrogens is 364 g/mol. The molecule has 7 heteroatoms. The van der Waals surface area contributed by atoms with Gasteiger partial charge in [0, 0.05) is 56.8 Å². The molecule has 7 nitrogen and oxygen atoms in total. The first-order valence-corrected chi connectivity index (χ1v) is 10.6. The highest BCUT2D eigenvalue weighted by molar-refractivity contribution is 5.75. The Morgan fingerprint density at radius 2 is 1.79 bits per heavy atom. The third kappa shape index (κ3) is 4.19. The van der Waals surface area contributed by atoms with E-state index in [0.717, 1.165) is 67.6 Å². The number of anilines is 1. The number of nitrogens with one attached hydrogen (secondary N) is 1. The maximum absolute atomic E-state index is 12.4. The van der Waals surface area contributed by atoms with E-state index < -0.39 is 0 Å². The smallest absolute Gasteiger partial charge is 0.317 e. The summed E-state index contributed by atoms with van der Waals surface area (Å²) in [4.78, 5) is 29.0. The van der Waals surface area contributed by atoms with Gasteiger partial charge in [0.25, 0.3) is 0 Å². The van der Waals surface area contributed by atoms with Crippen molar-refractivity contribution in [3.63, 3.8) is 0 Å². The van der Waals surface area contributed by atoms with Crippen LogP contribution in [0.2, 0.25) is 0 Å². The summed E-state index contributed by atoms with van der Waals surface area (Å²) in [6, 6.07) is 10.2. The first kappa shape index (κ1) is 19.6. The first-order valence-electron chi connectivity index (χ1n) is 10.6. The average Bonchev–Trinajstić information content (AvgIpc) is 2.79. The number of likely N-dealkylation sites (N-methyl/N-ethyl adjacent to an activating group) is 1. The number of aromatic nitrogens is 2. The normalized spacial score (nSPS) is 17.2. The molecule has 2 aliphatic heterocycles. The van der Waals surface area contributed by atoms with Crippen molar-refractivity contribution in [1.29, 1.82) is 0 Å². The number of hydrogen-bond donors (Lipinski definition) is 1. The van der Waals surface area contributed by atoms with Crippen LogP contribution in [0.1, 0.15) is 25.1 Å². The van der Waals surface area contributed by atoms with Gasteiger partial charge in [0.05, 0.1) is 12.2 Å². The largest absolute Gasteiger partial charge is 0.354 e. The van der Waals surface area contributed by atoms with Crippen molar-refractivity contribution in [2.24, 2.45) is 0 Å². The van der Waals surface area contributed by atoms with Gasteiger partial charge in [-0.2, -0.15) is 0 Å². The average molecular weight is 395 g/mol. The molecule has 1 aromatic heterocycles. The Hall–Kier alpha value is -2.67. The summed E-state index contributed by atoms with van der Waals surface area (Å²) in [5.74, 6) is 1.78. The number of urea groups is 1. The number of piperazine rings is 1. The number of nitrogens with zero attached hydrogens (tertiary/aromatic N) is 5. The van der Waals surface area contributed by atoms with Gasteiger partial charge < -0.3 is 20.0 Å². The minimum atomic E-state index is -0.00737. The molecule has 0 atom stereocenters. The Morgan fingerprint density at radius 3 is 2.48 bits per heavy atom. The van der Waals surface area contributed by atoms with Crippen LogP contribution >= 0.6 is 0 Å². The molecule has 0 bridgehead atoms. The molecular formula is C22H30N6O. The Balaban J connectivity index is 1.70. The van der Waals surface area contributed by atoms with Crippen LogP contribution in [0, 0.1) is 0 Å². The second-order valence-electron chi connectivity index (χ2n) is 7.59. The molecule has 2 amide bonds. The van der Waals surface area contributed by atoms with E-state index in [1.807, 2.05) is 30.0 Å². The topological polar surface area (TPSA) is 64.6 Å². The fraction of sp³-hybridized carbons (Fsp3) is 0.500. The molecule has 1 fully saturated rings. The summed E-state index contributed by atoms with van der Waals surface area (Å²) in [6.07, 6.45) is 0.761. The summed E-state index contributed by atoms with van der Waals surface area (Å²) in [5, 5.41) is 2.92. The Labute approximate surface area is 172 Å². The van der Waals surface area contributed by atoms with Crippen LogP contribution < -0.4 is 10.2 Å². The molecule has 29 heavy (non-hydrogen) atoms. The minimum absolute atomic E-state index is 0.00737. The van der Waals surface area contributed by atoms with Crippen molar-refractivity contribution >= 4 is 11.8 Å². The van der Waals surface area contributed by atoms with Gasteiger partial charge in [0.15, 0.2) is 5.82 Å². The van der Waals surface area contributed by atoms with Crippen LogP contribution in [-0.2, 0) is 13.0 Å². The predicted molar refractivity (Wildman–Crippen MR) is 115 cm³/mol. The van der Waals surface area contributed by atoms with Crippen LogP contribution in [-0.4, -0.2) is 71.6 Å². The molecule has 2 aliphatic rings. The number of benzene rings is 1. The third-order valence-electron chi connectivity index (χ3n) is 5.80. The molecule has 0 spiro atoms. The van der Waals surface area contributed by atoms with Gasteiger partial charge in [-0.25, -0.2) is 14.8 Å². The lowest BCUT2D eigenvalue weighted by molar-refractivity contribution is 0.192. The van der Waals surface area contributed by atoms with E-state index in [2.05, 4.69) is 34.2 Å². The van der Waals surface area contributed by atoms with Gasteiger partial charge in [-0.3, -0.25) is 0 Å². The first-order chi connectivity index (χ1) is 14.2. The molecule has 0 aliphatic carbocycles. The van der Waals surface area contributed by atoms with Gasteiger partial charge >= 0.3 is 6.03 Å². The van der Waals surface area contributed by atoms with Crippen molar-refractivity contribution in [3.8, 4) is 11.4 Å². The number of carbonyl (C=O) groups is 1. The second kappa shape index (κ2) is 8.78. The van der Waals surface area contributed by atoms with Crippen LogP contribution in [0.4, 0.5) is 10.6 Å². The van der Waals surface area contributed by atoms with Gasteiger partial charge in [-0.1, -0.05) is 37.3 Å². The van der Waals surface area contributed by atoms with Crippen LogP contribution in [0.15, 0.2) is 30.3 Å². The van der Waals surface area contributed by atoms with E-state index in [1.165, 1.54) is 0 Å². The third-order valence-corrected chi connectivity index (χ3v) is 5.80. The number of carbonyl (C=O) groups excluding carboxylic acids is 1. The molecule has 1 aromatic carbocycles. The molecule has 0 radical (unpaired) electrons. The number of hydrogen-bond acceptors (Lipinski definition) is 5. The molecule has 4 rings (SSSR count). The van der Waals surface area contributed by atoms with Crippen molar-refractivity contribution in [2.75, 3.05) is 50.7 Å². The number of rotatable bonds is 4. The molecule has 3 heterocycles. The van der Waals surface area contributed by atoms with Crippen LogP contribution in [0.5, 0.6) is 0 Å². The summed E-state index contributed by atoms with van der Waals surface area (Å²) in [7, 11) is 0. The molecule has 0 unspecified atom stereocenters. The summed E-state index contributed by atoms with van der Waals surface area (Å²) in [6.45, 7) is 11.1. The Bertz CT molecular complexity index is 848. The van der Waals surface area contributed by atoms with E-state index in [1.54, 1.807) is 0 Å². The molecule has 2 aromatic rings. The lowest BCUT2D eigenvalue weighted by atomic mass is 10.0. The zero-order valence-corrected chi connectivity index (χ0v) is 17.4. The molecule has 154 valence electrons. The van der Waals surface area contributed by atoms with Crippen LogP contribution in [0.25, 0.3) is 11.4 Å². The van der Waals surface area contributed by atoms with Gasteiger partial charge in [0.2, 0.25) is 0 Å². The Morgan fingerprint density at radius 1 is 1.03 bits per heavy atom. The van der Waals surface area contributed by atoms with E-state index in [9.17, 15) is 4.79 Å². The van der Waals surface area contributed by atoms with E-state index in [-0.39, 0.29) is 6.03 Å². The minimum Gasteiger partial charge on any atom is -0.354 e. The highest BCUT2D eigenvalue weighted by atomic mass is 16.2. The quantitative estimate of drug-likeness (QED) is 0.863. The van der Waals surface area contributed by atoms with Crippen molar-refractivity contribution in [3.05, 3.63) is 41.6 Å². The molecule has 1 N–H and O–H groups in total. The molecule has 1 saturated heterocycles. The predicted octanol–water partition coefficient (Wildman–Crippen LogP) is 2.37. The fourth-order valence-corrected chi connectivity index (χ4v) is 4.09.